The average Bonchev–Trinajstić information content (AvgIpc) is 2.80. The third kappa shape index (κ3) is 5.26. The highest BCUT2D eigenvalue weighted by Crippen LogP contribution is 2.38. The quantitative estimate of drug-likeness (QED) is 0.342. The molecule has 168 valence electrons. The Bertz CT molecular complexity index is 940. The fourth-order valence-electron chi connectivity index (χ4n) is 3.91. The highest BCUT2D eigenvalue weighted by Gasteiger charge is 2.38. The predicted molar refractivity (Wildman–Crippen MR) is 127 cm³/mol. The number of carbonyl (C=O) groups is 1. The van der Waals surface area contributed by atoms with Crippen LogP contribution in [0.3, 0.4) is 0 Å². The number of hydrogen-bond donors (Lipinski definition) is 2. The topological polar surface area (TPSA) is 66.8 Å². The maximum Gasteiger partial charge on any atom is 0.320 e. The molecule has 2 N–H and O–H groups in total. The molecule has 0 aliphatic heterocycles. The van der Waals surface area contributed by atoms with Gasteiger partial charge in [-0.3, -0.25) is 4.79 Å². The van der Waals surface area contributed by atoms with Gasteiger partial charge in [0.25, 0.3) is 0 Å². The van der Waals surface area contributed by atoms with Crippen LogP contribution in [0.2, 0.25) is 0 Å². The summed E-state index contributed by atoms with van der Waals surface area (Å²) in [6.07, 6.45) is -2.46. The van der Waals surface area contributed by atoms with Crippen LogP contribution in [-0.2, 0) is 4.79 Å². The Morgan fingerprint density at radius 3 is 1.44 bits per heavy atom. The van der Waals surface area contributed by atoms with Gasteiger partial charge in [0.05, 0.1) is 12.2 Å². The van der Waals surface area contributed by atoms with E-state index in [-0.39, 0.29) is 11.8 Å². The van der Waals surface area contributed by atoms with Crippen molar-refractivity contribution >= 4 is 5.97 Å². The van der Waals surface area contributed by atoms with Gasteiger partial charge in [0.2, 0.25) is 0 Å². The van der Waals surface area contributed by atoms with Crippen LogP contribution in [0.1, 0.15) is 74.0 Å². The number of aliphatic hydroxyl groups excluding tert-OH is 2. The number of hydrogen-bond acceptors (Lipinski definition) is 4. The van der Waals surface area contributed by atoms with Crippen LogP contribution in [0.5, 0.6) is 5.75 Å². The van der Waals surface area contributed by atoms with Gasteiger partial charge in [-0.2, -0.15) is 0 Å². The molecule has 2 atom stereocenters. The summed E-state index contributed by atoms with van der Waals surface area (Å²) in [6, 6.07) is 23.7. The van der Waals surface area contributed by atoms with Crippen LogP contribution in [0.25, 0.3) is 0 Å². The van der Waals surface area contributed by atoms with Crippen molar-refractivity contribution in [1.29, 1.82) is 0 Å². The maximum atomic E-state index is 13.5. The summed E-state index contributed by atoms with van der Waals surface area (Å²) < 4.78 is 5.99. The third-order valence-electron chi connectivity index (χ3n) is 5.76. The first-order chi connectivity index (χ1) is 15.3. The molecular weight excluding hydrogens is 400 g/mol. The van der Waals surface area contributed by atoms with Gasteiger partial charge in [-0.25, -0.2) is 0 Å². The largest absolute Gasteiger partial charge is 0.426 e. The van der Waals surface area contributed by atoms with E-state index in [0.717, 1.165) is 11.1 Å². The minimum Gasteiger partial charge on any atom is -0.426 e. The molecule has 0 amide bonds. The van der Waals surface area contributed by atoms with E-state index < -0.39 is 24.1 Å². The average molecular weight is 433 g/mol. The van der Waals surface area contributed by atoms with Gasteiger partial charge >= 0.3 is 5.97 Å². The second-order valence-corrected chi connectivity index (χ2v) is 8.73. The van der Waals surface area contributed by atoms with Crippen molar-refractivity contribution in [2.45, 2.75) is 51.7 Å². The summed E-state index contributed by atoms with van der Waals surface area (Å²) in [5.74, 6) is -1.04. The summed E-state index contributed by atoms with van der Waals surface area (Å²) in [4.78, 5) is 13.5. The van der Waals surface area contributed by atoms with Crippen molar-refractivity contribution in [2.24, 2.45) is 5.92 Å². The summed E-state index contributed by atoms with van der Waals surface area (Å²) in [5, 5.41) is 22.3. The molecule has 3 aromatic rings. The first-order valence-corrected chi connectivity index (χ1v) is 11.1. The van der Waals surface area contributed by atoms with Gasteiger partial charge in [-0.05, 0) is 34.1 Å². The van der Waals surface area contributed by atoms with Gasteiger partial charge < -0.3 is 14.9 Å². The highest BCUT2D eigenvalue weighted by atomic mass is 16.5. The van der Waals surface area contributed by atoms with Crippen molar-refractivity contribution in [3.63, 3.8) is 0 Å². The summed E-state index contributed by atoms with van der Waals surface area (Å²) >= 11 is 0. The minimum atomic E-state index is -1.23. The van der Waals surface area contributed by atoms with Gasteiger partial charge in [0, 0.05) is 0 Å². The second-order valence-electron chi connectivity index (χ2n) is 8.73. The first-order valence-electron chi connectivity index (χ1n) is 11.1. The molecule has 0 radical (unpaired) electrons. The van der Waals surface area contributed by atoms with E-state index in [1.807, 2.05) is 58.0 Å². The van der Waals surface area contributed by atoms with Gasteiger partial charge in [-0.15, -0.1) is 0 Å². The van der Waals surface area contributed by atoms with E-state index in [0.29, 0.717) is 16.9 Å². The number of para-hydroxylation sites is 1. The molecule has 4 nitrogen and oxygen atoms in total. The molecule has 0 aliphatic rings. The van der Waals surface area contributed by atoms with E-state index in [4.69, 9.17) is 4.74 Å². The Morgan fingerprint density at radius 1 is 0.656 bits per heavy atom. The monoisotopic (exact) mass is 432 g/mol. The summed E-state index contributed by atoms with van der Waals surface area (Å²) in [7, 11) is 0. The van der Waals surface area contributed by atoms with Crippen LogP contribution < -0.4 is 4.74 Å². The number of benzene rings is 3. The smallest absolute Gasteiger partial charge is 0.320 e. The van der Waals surface area contributed by atoms with Crippen molar-refractivity contribution in [3.05, 3.63) is 101 Å². The second kappa shape index (κ2) is 10.6. The number of aliphatic hydroxyl groups is 2. The van der Waals surface area contributed by atoms with E-state index in [1.54, 1.807) is 48.5 Å². The zero-order chi connectivity index (χ0) is 23.3. The maximum absolute atomic E-state index is 13.5. The van der Waals surface area contributed by atoms with Crippen LogP contribution in [0.15, 0.2) is 78.9 Å². The van der Waals surface area contributed by atoms with E-state index in [2.05, 4.69) is 0 Å². The fraction of sp³-hybridized carbons (Fsp3) is 0.321. The third-order valence-corrected chi connectivity index (χ3v) is 5.76. The molecule has 0 spiro atoms. The standard InChI is InChI=1S/C28H32O4/c1-18(2)22-16-11-17-23(19(3)4)27(22)32-28(31)24(25(29)20-12-7-5-8-13-20)26(30)21-14-9-6-10-15-21/h5-19,24-26,29-30H,1-4H3. The molecule has 0 bridgehead atoms. The van der Waals surface area contributed by atoms with Crippen molar-refractivity contribution < 1.29 is 19.7 Å². The summed E-state index contributed by atoms with van der Waals surface area (Å²) in [5.41, 5.74) is 2.94. The van der Waals surface area contributed by atoms with Gasteiger partial charge in [-0.1, -0.05) is 107 Å². The van der Waals surface area contributed by atoms with Crippen LogP contribution in [-0.4, -0.2) is 16.2 Å². The van der Waals surface area contributed by atoms with Crippen LogP contribution >= 0.6 is 0 Å². The Hall–Kier alpha value is -2.95. The molecular formula is C28H32O4. The lowest BCUT2D eigenvalue weighted by Crippen LogP contribution is -2.32. The molecule has 32 heavy (non-hydrogen) atoms. The molecule has 0 saturated carbocycles. The SMILES string of the molecule is CC(C)c1cccc(C(C)C)c1OC(=O)C(C(O)c1ccccc1)C(O)c1ccccc1. The lowest BCUT2D eigenvalue weighted by Gasteiger charge is -2.28. The van der Waals surface area contributed by atoms with E-state index >= 15 is 0 Å². The Balaban J connectivity index is 2.03. The van der Waals surface area contributed by atoms with Gasteiger partial charge in [0.1, 0.15) is 11.7 Å². The minimum absolute atomic E-state index is 0.146. The van der Waals surface area contributed by atoms with Crippen molar-refractivity contribution in [1.82, 2.24) is 0 Å². The summed E-state index contributed by atoms with van der Waals surface area (Å²) in [6.45, 7) is 8.19. The molecule has 4 heteroatoms. The van der Waals surface area contributed by atoms with Gasteiger partial charge in [0.15, 0.2) is 0 Å². The number of ether oxygens (including phenoxy) is 1. The lowest BCUT2D eigenvalue weighted by molar-refractivity contribution is -0.149. The first kappa shape index (κ1) is 23.7. The van der Waals surface area contributed by atoms with Crippen LogP contribution in [0.4, 0.5) is 0 Å². The molecule has 2 unspecified atom stereocenters. The zero-order valence-corrected chi connectivity index (χ0v) is 19.1. The normalized spacial score (nSPS) is 14.2. The molecule has 0 aromatic heterocycles. The van der Waals surface area contributed by atoms with E-state index in [1.165, 1.54) is 0 Å². The number of esters is 1. The molecule has 0 saturated heterocycles. The predicted octanol–water partition coefficient (Wildman–Crippen LogP) is 5.92. The van der Waals surface area contributed by atoms with E-state index in [9.17, 15) is 15.0 Å². The molecule has 0 fully saturated rings. The molecule has 0 heterocycles. The molecule has 3 rings (SSSR count). The van der Waals surface area contributed by atoms with Crippen molar-refractivity contribution in [3.8, 4) is 5.75 Å². The number of carbonyl (C=O) groups excluding carboxylic acids is 1. The molecule has 3 aromatic carbocycles. The van der Waals surface area contributed by atoms with Crippen molar-refractivity contribution in [2.75, 3.05) is 0 Å². The number of rotatable bonds is 8. The fourth-order valence-corrected chi connectivity index (χ4v) is 3.91. The highest BCUT2D eigenvalue weighted by molar-refractivity contribution is 5.78. The Kier molecular flexibility index (Phi) is 7.84. The Labute approximate surface area is 190 Å². The van der Waals surface area contributed by atoms with Crippen LogP contribution in [0, 0.1) is 5.92 Å². The lowest BCUT2D eigenvalue weighted by atomic mass is 9.87. The Morgan fingerprint density at radius 2 is 1.06 bits per heavy atom. The zero-order valence-electron chi connectivity index (χ0n) is 19.1. The molecule has 0 aliphatic carbocycles.